The van der Waals surface area contributed by atoms with Crippen LogP contribution in [0.15, 0.2) is 0 Å². The molecule has 3 nitrogen and oxygen atoms in total. The fourth-order valence-electron chi connectivity index (χ4n) is 1.91. The number of rotatable bonds is 2. The molecular formula is C10H18N2O. The highest BCUT2D eigenvalue weighted by molar-refractivity contribution is 5.79. The average molecular weight is 182 g/mol. The van der Waals surface area contributed by atoms with Crippen LogP contribution in [-0.2, 0) is 4.79 Å². The lowest BCUT2D eigenvalue weighted by atomic mass is 9.97. The molecule has 0 aromatic heterocycles. The molecule has 13 heavy (non-hydrogen) atoms. The first kappa shape index (κ1) is 9.00. The van der Waals surface area contributed by atoms with Gasteiger partial charge in [-0.05, 0) is 38.3 Å². The number of hydrogen-bond donors (Lipinski definition) is 2. The lowest BCUT2D eigenvalue weighted by Gasteiger charge is -2.21. The predicted molar refractivity (Wildman–Crippen MR) is 51.3 cm³/mol. The summed E-state index contributed by atoms with van der Waals surface area (Å²) in [6.07, 6.45) is 3.19. The van der Waals surface area contributed by atoms with E-state index in [0.29, 0.717) is 12.0 Å². The molecule has 0 aromatic rings. The van der Waals surface area contributed by atoms with Crippen molar-refractivity contribution in [1.82, 2.24) is 10.6 Å². The average Bonchev–Trinajstić information content (AvgIpc) is 2.83. The first-order valence-electron chi connectivity index (χ1n) is 5.28. The van der Waals surface area contributed by atoms with E-state index in [2.05, 4.69) is 17.6 Å². The van der Waals surface area contributed by atoms with E-state index in [1.54, 1.807) is 0 Å². The number of hydrogen-bond acceptors (Lipinski definition) is 2. The standard InChI is InChI=1S/C10H18N2O/c1-7-6-9(7)12-10(13)8-2-4-11-5-3-8/h7-9,11H,2-6H2,1H3,(H,12,13). The summed E-state index contributed by atoms with van der Waals surface area (Å²) in [6, 6.07) is 0.488. The van der Waals surface area contributed by atoms with Crippen LogP contribution in [0.25, 0.3) is 0 Å². The number of piperidine rings is 1. The number of carbonyl (C=O) groups excluding carboxylic acids is 1. The molecule has 2 unspecified atom stereocenters. The van der Waals surface area contributed by atoms with Gasteiger partial charge in [0, 0.05) is 12.0 Å². The molecule has 1 heterocycles. The molecule has 0 aromatic carbocycles. The van der Waals surface area contributed by atoms with E-state index in [-0.39, 0.29) is 11.8 Å². The van der Waals surface area contributed by atoms with Crippen molar-refractivity contribution in [1.29, 1.82) is 0 Å². The summed E-state index contributed by atoms with van der Waals surface area (Å²) >= 11 is 0. The van der Waals surface area contributed by atoms with Crippen molar-refractivity contribution < 1.29 is 4.79 Å². The molecule has 1 amide bonds. The molecule has 2 aliphatic rings. The predicted octanol–water partition coefficient (Wildman–Crippen LogP) is 0.511. The van der Waals surface area contributed by atoms with Crippen molar-refractivity contribution in [3.8, 4) is 0 Å². The minimum Gasteiger partial charge on any atom is -0.353 e. The van der Waals surface area contributed by atoms with E-state index < -0.39 is 0 Å². The van der Waals surface area contributed by atoms with Crippen LogP contribution in [0.5, 0.6) is 0 Å². The van der Waals surface area contributed by atoms with Crippen LogP contribution < -0.4 is 10.6 Å². The van der Waals surface area contributed by atoms with Gasteiger partial charge in [-0.15, -0.1) is 0 Å². The molecule has 2 atom stereocenters. The van der Waals surface area contributed by atoms with Crippen LogP contribution in [0.2, 0.25) is 0 Å². The van der Waals surface area contributed by atoms with Crippen LogP contribution in [0.4, 0.5) is 0 Å². The van der Waals surface area contributed by atoms with E-state index in [0.717, 1.165) is 25.9 Å². The summed E-state index contributed by atoms with van der Waals surface area (Å²) in [7, 11) is 0. The lowest BCUT2D eigenvalue weighted by Crippen LogP contribution is -2.39. The smallest absolute Gasteiger partial charge is 0.223 e. The molecule has 74 valence electrons. The third-order valence-electron chi connectivity index (χ3n) is 3.15. The number of carbonyl (C=O) groups is 1. The highest BCUT2D eigenvalue weighted by Crippen LogP contribution is 2.29. The Kier molecular flexibility index (Phi) is 2.54. The van der Waals surface area contributed by atoms with Gasteiger partial charge in [0.25, 0.3) is 0 Å². The van der Waals surface area contributed by atoms with Gasteiger partial charge < -0.3 is 10.6 Å². The quantitative estimate of drug-likeness (QED) is 0.653. The Balaban J connectivity index is 1.75. The molecule has 1 saturated heterocycles. The largest absolute Gasteiger partial charge is 0.353 e. The summed E-state index contributed by atoms with van der Waals surface area (Å²) in [4.78, 5) is 11.7. The summed E-state index contributed by atoms with van der Waals surface area (Å²) in [5.74, 6) is 1.27. The monoisotopic (exact) mass is 182 g/mol. The minimum absolute atomic E-state index is 0.272. The van der Waals surface area contributed by atoms with Gasteiger partial charge in [0.2, 0.25) is 5.91 Å². The molecule has 0 radical (unpaired) electrons. The molecule has 2 fully saturated rings. The first-order chi connectivity index (χ1) is 6.27. The Bertz CT molecular complexity index is 199. The lowest BCUT2D eigenvalue weighted by molar-refractivity contribution is -0.125. The van der Waals surface area contributed by atoms with Gasteiger partial charge in [-0.1, -0.05) is 6.92 Å². The van der Waals surface area contributed by atoms with Gasteiger partial charge in [-0.2, -0.15) is 0 Å². The van der Waals surface area contributed by atoms with Crippen molar-refractivity contribution >= 4 is 5.91 Å². The van der Waals surface area contributed by atoms with Gasteiger partial charge in [-0.3, -0.25) is 4.79 Å². The molecule has 0 spiro atoms. The second-order valence-electron chi connectivity index (χ2n) is 4.35. The van der Waals surface area contributed by atoms with Gasteiger partial charge in [0.05, 0.1) is 0 Å². The SMILES string of the molecule is CC1CC1NC(=O)C1CCNCC1. The summed E-state index contributed by atoms with van der Waals surface area (Å²) in [5, 5.41) is 6.37. The van der Waals surface area contributed by atoms with E-state index >= 15 is 0 Å². The van der Waals surface area contributed by atoms with Crippen LogP contribution in [-0.4, -0.2) is 25.0 Å². The Labute approximate surface area is 79.3 Å². The fraction of sp³-hybridized carbons (Fsp3) is 0.900. The maximum atomic E-state index is 11.7. The van der Waals surface area contributed by atoms with Crippen molar-refractivity contribution in [3.63, 3.8) is 0 Å². The Morgan fingerprint density at radius 2 is 2.00 bits per heavy atom. The fourth-order valence-corrected chi connectivity index (χ4v) is 1.91. The van der Waals surface area contributed by atoms with Crippen LogP contribution in [0, 0.1) is 11.8 Å². The molecular weight excluding hydrogens is 164 g/mol. The Morgan fingerprint density at radius 3 is 2.54 bits per heavy atom. The molecule has 3 heteroatoms. The second kappa shape index (κ2) is 3.66. The number of nitrogens with one attached hydrogen (secondary N) is 2. The van der Waals surface area contributed by atoms with Gasteiger partial charge in [0.1, 0.15) is 0 Å². The highest BCUT2D eigenvalue weighted by Gasteiger charge is 2.35. The highest BCUT2D eigenvalue weighted by atomic mass is 16.2. The van der Waals surface area contributed by atoms with E-state index in [4.69, 9.17) is 0 Å². The Morgan fingerprint density at radius 1 is 1.38 bits per heavy atom. The summed E-state index contributed by atoms with van der Waals surface area (Å²) in [6.45, 7) is 4.18. The zero-order valence-electron chi connectivity index (χ0n) is 8.18. The van der Waals surface area contributed by atoms with Crippen molar-refractivity contribution in [2.45, 2.75) is 32.2 Å². The molecule has 1 aliphatic heterocycles. The normalized spacial score (nSPS) is 34.2. The van der Waals surface area contributed by atoms with Gasteiger partial charge in [-0.25, -0.2) is 0 Å². The molecule has 2 rings (SSSR count). The van der Waals surface area contributed by atoms with E-state index in [9.17, 15) is 4.79 Å². The first-order valence-corrected chi connectivity index (χ1v) is 5.28. The van der Waals surface area contributed by atoms with Crippen molar-refractivity contribution in [2.75, 3.05) is 13.1 Å². The Hall–Kier alpha value is -0.570. The topological polar surface area (TPSA) is 41.1 Å². The summed E-state index contributed by atoms with van der Waals surface area (Å²) in [5.41, 5.74) is 0. The minimum atomic E-state index is 0.272. The van der Waals surface area contributed by atoms with Crippen molar-refractivity contribution in [2.24, 2.45) is 11.8 Å². The molecule has 1 aliphatic carbocycles. The van der Waals surface area contributed by atoms with Gasteiger partial charge in [0.15, 0.2) is 0 Å². The van der Waals surface area contributed by atoms with Crippen LogP contribution in [0.3, 0.4) is 0 Å². The van der Waals surface area contributed by atoms with Crippen LogP contribution >= 0.6 is 0 Å². The second-order valence-corrected chi connectivity index (χ2v) is 4.35. The maximum absolute atomic E-state index is 11.7. The maximum Gasteiger partial charge on any atom is 0.223 e. The third kappa shape index (κ3) is 2.21. The van der Waals surface area contributed by atoms with Crippen LogP contribution in [0.1, 0.15) is 26.2 Å². The molecule has 0 bridgehead atoms. The third-order valence-corrected chi connectivity index (χ3v) is 3.15. The number of amides is 1. The van der Waals surface area contributed by atoms with E-state index in [1.165, 1.54) is 6.42 Å². The molecule has 2 N–H and O–H groups in total. The van der Waals surface area contributed by atoms with E-state index in [1.807, 2.05) is 0 Å². The van der Waals surface area contributed by atoms with Crippen molar-refractivity contribution in [3.05, 3.63) is 0 Å². The molecule has 1 saturated carbocycles. The zero-order valence-corrected chi connectivity index (χ0v) is 8.18. The van der Waals surface area contributed by atoms with Gasteiger partial charge >= 0.3 is 0 Å². The summed E-state index contributed by atoms with van der Waals surface area (Å²) < 4.78 is 0. The zero-order chi connectivity index (χ0) is 9.26.